The summed E-state index contributed by atoms with van der Waals surface area (Å²) in [7, 11) is 4.37. The number of hydrogen-bond donors (Lipinski definition) is 0. The van der Waals surface area contributed by atoms with Crippen LogP contribution in [0.4, 0.5) is 0 Å². The molecule has 0 spiro atoms. The first-order valence-corrected chi connectivity index (χ1v) is 5.68. The monoisotopic (exact) mass is 267 g/mol. The lowest BCUT2D eigenvalue weighted by atomic mass is 9.99. The molecule has 1 rings (SSSR count). The van der Waals surface area contributed by atoms with E-state index < -0.39 is 0 Å². The molecule has 0 aliphatic heterocycles. The molecule has 0 aromatic carbocycles. The molecule has 0 heterocycles. The maximum Gasteiger partial charge on any atom is 0.0153 e. The molecule has 0 bridgehead atoms. The van der Waals surface area contributed by atoms with Crippen LogP contribution in [-0.4, -0.2) is 29.0 Å². The Morgan fingerprint density at radius 2 is 2.00 bits per heavy atom. The van der Waals surface area contributed by atoms with Crippen molar-refractivity contribution < 1.29 is 0 Å². The Bertz CT molecular complexity index is 125. The van der Waals surface area contributed by atoms with E-state index in [4.69, 9.17) is 0 Å². The van der Waals surface area contributed by atoms with Gasteiger partial charge >= 0.3 is 0 Å². The summed E-state index contributed by atoms with van der Waals surface area (Å²) >= 11 is 2.62. The summed E-state index contributed by atoms with van der Waals surface area (Å²) in [4.78, 5) is 2.35. The first-order valence-electron chi connectivity index (χ1n) is 4.43. The van der Waals surface area contributed by atoms with Gasteiger partial charge < -0.3 is 4.90 Å². The highest BCUT2D eigenvalue weighted by Crippen LogP contribution is 2.35. The van der Waals surface area contributed by atoms with Crippen molar-refractivity contribution in [3.05, 3.63) is 0 Å². The van der Waals surface area contributed by atoms with Crippen molar-refractivity contribution in [3.8, 4) is 0 Å². The summed E-state index contributed by atoms with van der Waals surface area (Å²) in [6.07, 6.45) is 4.31. The summed E-state index contributed by atoms with van der Waals surface area (Å²) in [6, 6.07) is 0.763. The van der Waals surface area contributed by atoms with Gasteiger partial charge in [-0.2, -0.15) is 0 Å². The lowest BCUT2D eigenvalue weighted by Crippen LogP contribution is -2.34. The quantitative estimate of drug-likeness (QED) is 0.549. The van der Waals surface area contributed by atoms with Gasteiger partial charge in [-0.1, -0.05) is 29.0 Å². The Morgan fingerprint density at radius 3 is 2.36 bits per heavy atom. The maximum atomic E-state index is 2.62. The minimum atomic E-state index is 0.763. The van der Waals surface area contributed by atoms with Gasteiger partial charge in [0.05, 0.1) is 0 Å². The van der Waals surface area contributed by atoms with Crippen LogP contribution in [0, 0.1) is 5.92 Å². The summed E-state index contributed by atoms with van der Waals surface area (Å²) in [5.74, 6) is 0.936. The molecule has 0 radical (unpaired) electrons. The molecule has 0 saturated heterocycles. The van der Waals surface area contributed by atoms with Gasteiger partial charge in [0.15, 0.2) is 0 Å². The van der Waals surface area contributed by atoms with E-state index in [1.165, 1.54) is 19.3 Å². The Balaban J connectivity index is 2.45. The van der Waals surface area contributed by atoms with Gasteiger partial charge in [-0.25, -0.2) is 0 Å². The molecule has 11 heavy (non-hydrogen) atoms. The second kappa shape index (κ2) is 4.08. The Hall–Kier alpha value is 0.690. The second-order valence-electron chi connectivity index (χ2n) is 3.81. The lowest BCUT2D eigenvalue weighted by Gasteiger charge is -2.28. The minimum Gasteiger partial charge on any atom is -0.306 e. The average Bonchev–Trinajstić information content (AvgIpc) is 2.33. The Kier molecular flexibility index (Phi) is 3.62. The van der Waals surface area contributed by atoms with Crippen molar-refractivity contribution >= 4 is 22.6 Å². The van der Waals surface area contributed by atoms with Crippen LogP contribution in [0.25, 0.3) is 0 Å². The normalized spacial score (nSPS) is 34.6. The molecule has 1 nitrogen and oxygen atoms in total. The van der Waals surface area contributed by atoms with E-state index in [1.807, 2.05) is 0 Å². The third-order valence-corrected chi connectivity index (χ3v) is 4.46. The molecular formula is C9H18IN. The van der Waals surface area contributed by atoms with Crippen molar-refractivity contribution in [3.63, 3.8) is 0 Å². The fourth-order valence-electron chi connectivity index (χ4n) is 1.87. The number of nitrogens with zero attached hydrogens (tertiary/aromatic N) is 1. The zero-order chi connectivity index (χ0) is 8.43. The van der Waals surface area contributed by atoms with E-state index in [9.17, 15) is 0 Å². The zero-order valence-electron chi connectivity index (χ0n) is 7.68. The van der Waals surface area contributed by atoms with E-state index in [0.29, 0.717) is 0 Å². The van der Waals surface area contributed by atoms with Gasteiger partial charge in [0.2, 0.25) is 0 Å². The molecule has 1 fully saturated rings. The summed E-state index contributed by atoms with van der Waals surface area (Å²) < 4.78 is 0.921. The summed E-state index contributed by atoms with van der Waals surface area (Å²) in [5.41, 5.74) is 0. The largest absolute Gasteiger partial charge is 0.306 e. The van der Waals surface area contributed by atoms with Crippen molar-refractivity contribution in [1.82, 2.24) is 4.90 Å². The van der Waals surface area contributed by atoms with Crippen LogP contribution in [0.1, 0.15) is 26.2 Å². The van der Waals surface area contributed by atoms with Crippen molar-refractivity contribution in [2.45, 2.75) is 36.2 Å². The van der Waals surface area contributed by atoms with Gasteiger partial charge in [-0.15, -0.1) is 0 Å². The van der Waals surface area contributed by atoms with E-state index in [-0.39, 0.29) is 0 Å². The first-order chi connectivity index (χ1) is 5.13. The van der Waals surface area contributed by atoms with Crippen LogP contribution in [0.3, 0.4) is 0 Å². The highest BCUT2D eigenvalue weighted by Gasteiger charge is 2.30. The van der Waals surface area contributed by atoms with E-state index >= 15 is 0 Å². The maximum absolute atomic E-state index is 2.62. The Morgan fingerprint density at radius 1 is 1.36 bits per heavy atom. The SMILES string of the molecule is C[C@H](C1CCCC1I)N(C)C. The standard InChI is InChI=1S/C9H18IN/c1-7(11(2)3)8-5-4-6-9(8)10/h7-9H,4-6H2,1-3H3/t7-,8?,9?/m1/s1. The van der Waals surface area contributed by atoms with E-state index in [1.54, 1.807) is 0 Å². The summed E-state index contributed by atoms with van der Waals surface area (Å²) in [6.45, 7) is 2.35. The fourth-order valence-corrected chi connectivity index (χ4v) is 3.27. The molecule has 0 amide bonds. The molecule has 0 aromatic rings. The molecule has 1 saturated carbocycles. The molecule has 1 aliphatic rings. The third kappa shape index (κ3) is 2.31. The third-order valence-electron chi connectivity index (χ3n) is 2.92. The van der Waals surface area contributed by atoms with Gasteiger partial charge in [0.1, 0.15) is 0 Å². The lowest BCUT2D eigenvalue weighted by molar-refractivity contribution is 0.236. The van der Waals surface area contributed by atoms with Crippen LogP contribution in [0.5, 0.6) is 0 Å². The fraction of sp³-hybridized carbons (Fsp3) is 1.00. The average molecular weight is 267 g/mol. The topological polar surface area (TPSA) is 3.24 Å². The van der Waals surface area contributed by atoms with Crippen molar-refractivity contribution in [1.29, 1.82) is 0 Å². The second-order valence-corrected chi connectivity index (χ2v) is 5.41. The first kappa shape index (κ1) is 9.78. The predicted molar refractivity (Wildman–Crippen MR) is 58.3 cm³/mol. The smallest absolute Gasteiger partial charge is 0.0153 e. The van der Waals surface area contributed by atoms with E-state index in [2.05, 4.69) is 48.5 Å². The number of alkyl halides is 1. The van der Waals surface area contributed by atoms with Crippen LogP contribution in [0.15, 0.2) is 0 Å². The molecule has 66 valence electrons. The van der Waals surface area contributed by atoms with Crippen molar-refractivity contribution in [2.24, 2.45) is 5.92 Å². The van der Waals surface area contributed by atoms with Gasteiger partial charge in [0.25, 0.3) is 0 Å². The molecule has 2 heteroatoms. The molecule has 3 atom stereocenters. The van der Waals surface area contributed by atoms with Gasteiger partial charge in [-0.3, -0.25) is 0 Å². The van der Waals surface area contributed by atoms with Crippen LogP contribution in [0.2, 0.25) is 0 Å². The molecule has 1 aliphatic carbocycles. The van der Waals surface area contributed by atoms with Gasteiger partial charge in [-0.05, 0) is 39.8 Å². The van der Waals surface area contributed by atoms with Crippen LogP contribution in [-0.2, 0) is 0 Å². The number of hydrogen-bond acceptors (Lipinski definition) is 1. The Labute approximate surface area is 83.7 Å². The highest BCUT2D eigenvalue weighted by molar-refractivity contribution is 14.1. The highest BCUT2D eigenvalue weighted by atomic mass is 127. The molecule has 0 N–H and O–H groups in total. The predicted octanol–water partition coefficient (Wildman–Crippen LogP) is 2.54. The zero-order valence-corrected chi connectivity index (χ0v) is 9.84. The number of rotatable bonds is 2. The van der Waals surface area contributed by atoms with Crippen LogP contribution < -0.4 is 0 Å². The summed E-state index contributed by atoms with van der Waals surface area (Å²) in [5, 5.41) is 0. The number of halogens is 1. The minimum absolute atomic E-state index is 0.763. The van der Waals surface area contributed by atoms with Crippen molar-refractivity contribution in [2.75, 3.05) is 14.1 Å². The molecule has 2 unspecified atom stereocenters. The van der Waals surface area contributed by atoms with Gasteiger partial charge in [0, 0.05) is 9.97 Å². The van der Waals surface area contributed by atoms with E-state index in [0.717, 1.165) is 15.9 Å². The molecular weight excluding hydrogens is 249 g/mol. The van der Waals surface area contributed by atoms with Crippen LogP contribution >= 0.6 is 22.6 Å². The molecule has 0 aromatic heterocycles.